The second kappa shape index (κ2) is 3.01. The van der Waals surface area contributed by atoms with Crippen LogP contribution in [0.2, 0.25) is 0 Å². The summed E-state index contributed by atoms with van der Waals surface area (Å²) in [5.74, 6) is 0. The van der Waals surface area contributed by atoms with Crippen LogP contribution in [-0.2, 0) is 9.84 Å². The maximum atomic E-state index is 10.5. The smallest absolute Gasteiger partial charge is 0.223 e. The minimum Gasteiger partial charge on any atom is -0.223 e. The van der Waals surface area contributed by atoms with Crippen molar-refractivity contribution in [3.05, 3.63) is 0 Å². The first-order valence-electron chi connectivity index (χ1n) is 1.66. The summed E-state index contributed by atoms with van der Waals surface area (Å²) in [6.07, 6.45) is 0. The van der Waals surface area contributed by atoms with E-state index in [1.54, 1.807) is 0 Å². The van der Waals surface area contributed by atoms with Gasteiger partial charge in [-0.05, 0) is 0 Å². The summed E-state index contributed by atoms with van der Waals surface area (Å²) in [6, 6.07) is 0. The van der Waals surface area contributed by atoms with Gasteiger partial charge >= 0.3 is 0 Å². The summed E-state index contributed by atoms with van der Waals surface area (Å²) < 4.78 is 18.7. The van der Waals surface area contributed by atoms with E-state index in [-0.39, 0.29) is 0 Å². The van der Waals surface area contributed by atoms with E-state index in [0.29, 0.717) is 0 Å². The average molecular weight is 232 g/mol. The molecular formula is C2H2Cl4O2S. The molecule has 0 unspecified atom stereocenters. The third kappa shape index (κ3) is 2.68. The van der Waals surface area contributed by atoms with Crippen molar-refractivity contribution in [2.24, 2.45) is 0 Å². The van der Waals surface area contributed by atoms with Crippen LogP contribution in [0.25, 0.3) is 0 Å². The van der Waals surface area contributed by atoms with Gasteiger partial charge < -0.3 is 0 Å². The predicted octanol–water partition coefficient (Wildman–Crippen LogP) is 1.93. The Bertz CT molecular complexity index is 177. The topological polar surface area (TPSA) is 34.1 Å². The monoisotopic (exact) mass is 230 g/mol. The van der Waals surface area contributed by atoms with E-state index < -0.39 is 18.2 Å². The van der Waals surface area contributed by atoms with Crippen LogP contribution in [-0.4, -0.2) is 16.8 Å². The van der Waals surface area contributed by atoms with Gasteiger partial charge in [-0.3, -0.25) is 0 Å². The maximum Gasteiger partial charge on any atom is 0.293 e. The Balaban J connectivity index is 4.57. The molecule has 0 saturated carbocycles. The SMILES string of the molecule is O=S(=O)(CCl)C(Cl)(Cl)Cl. The standard InChI is InChI=1S/C2H2Cl4O2S/c3-1-9(7,8)2(4,5)6/h1H2. The highest BCUT2D eigenvalue weighted by molar-refractivity contribution is 7.98. The van der Waals surface area contributed by atoms with E-state index in [0.717, 1.165) is 0 Å². The maximum absolute atomic E-state index is 10.5. The van der Waals surface area contributed by atoms with Crippen LogP contribution in [0.15, 0.2) is 0 Å². The van der Waals surface area contributed by atoms with Gasteiger partial charge in [-0.1, -0.05) is 34.8 Å². The number of alkyl halides is 4. The Morgan fingerprint density at radius 1 is 1.22 bits per heavy atom. The zero-order valence-corrected chi connectivity index (χ0v) is 7.78. The summed E-state index contributed by atoms with van der Waals surface area (Å²) in [5, 5.41) is -0.691. The summed E-state index contributed by atoms with van der Waals surface area (Å²) in [7, 11) is -3.77. The van der Waals surface area contributed by atoms with E-state index >= 15 is 0 Å². The van der Waals surface area contributed by atoms with Gasteiger partial charge in [0, 0.05) is 0 Å². The normalized spacial score (nSPS) is 13.8. The predicted molar refractivity (Wildman–Crippen MR) is 39.9 cm³/mol. The Labute approximate surface area is 72.9 Å². The molecule has 0 radical (unpaired) electrons. The molecular weight excluding hydrogens is 230 g/mol. The second-order valence-electron chi connectivity index (χ2n) is 1.17. The van der Waals surface area contributed by atoms with Crippen molar-refractivity contribution in [3.63, 3.8) is 0 Å². The van der Waals surface area contributed by atoms with Crippen LogP contribution < -0.4 is 0 Å². The lowest BCUT2D eigenvalue weighted by molar-refractivity contribution is 0.601. The Morgan fingerprint density at radius 3 is 1.56 bits per heavy atom. The molecule has 0 heterocycles. The number of sulfone groups is 1. The lowest BCUT2D eigenvalue weighted by Gasteiger charge is -2.07. The molecule has 2 nitrogen and oxygen atoms in total. The molecule has 0 aliphatic heterocycles. The molecule has 0 aromatic carbocycles. The fraction of sp³-hybridized carbons (Fsp3) is 1.00. The Hall–Kier alpha value is 1.11. The number of hydrogen-bond donors (Lipinski definition) is 0. The molecule has 0 rings (SSSR count). The minimum atomic E-state index is -3.77. The van der Waals surface area contributed by atoms with Crippen LogP contribution in [0, 0.1) is 0 Å². The Kier molecular flexibility index (Phi) is 3.38. The molecule has 0 fully saturated rings. The first kappa shape index (κ1) is 10.1. The van der Waals surface area contributed by atoms with Crippen LogP contribution in [0.3, 0.4) is 0 Å². The molecule has 0 saturated heterocycles. The summed E-state index contributed by atoms with van der Waals surface area (Å²) in [4.78, 5) is 0. The van der Waals surface area contributed by atoms with Crippen molar-refractivity contribution in [2.75, 3.05) is 5.21 Å². The van der Waals surface area contributed by atoms with E-state index in [2.05, 4.69) is 0 Å². The minimum absolute atomic E-state index is 0.691. The largest absolute Gasteiger partial charge is 0.293 e. The van der Waals surface area contributed by atoms with Crippen molar-refractivity contribution >= 4 is 56.2 Å². The fourth-order valence-electron chi connectivity index (χ4n) is 0.0619. The van der Waals surface area contributed by atoms with Crippen molar-refractivity contribution in [1.82, 2.24) is 0 Å². The van der Waals surface area contributed by atoms with Gasteiger partial charge in [0.15, 0.2) is 0 Å². The van der Waals surface area contributed by atoms with E-state index in [1.807, 2.05) is 0 Å². The molecule has 0 spiro atoms. The van der Waals surface area contributed by atoms with Gasteiger partial charge in [-0.25, -0.2) is 8.42 Å². The zero-order chi connectivity index (χ0) is 7.71. The first-order chi connectivity index (χ1) is 3.81. The van der Waals surface area contributed by atoms with Crippen molar-refractivity contribution in [3.8, 4) is 0 Å². The van der Waals surface area contributed by atoms with Crippen LogP contribution >= 0.6 is 46.4 Å². The molecule has 0 bridgehead atoms. The lowest BCUT2D eigenvalue weighted by atomic mass is 11.8. The zero-order valence-electron chi connectivity index (χ0n) is 3.94. The molecule has 56 valence electrons. The highest BCUT2D eigenvalue weighted by Gasteiger charge is 2.36. The van der Waals surface area contributed by atoms with E-state index in [1.165, 1.54) is 0 Å². The van der Waals surface area contributed by atoms with E-state index in [4.69, 9.17) is 46.4 Å². The lowest BCUT2D eigenvalue weighted by Crippen LogP contribution is -2.20. The summed E-state index contributed by atoms with van der Waals surface area (Å²) in [5.41, 5.74) is 0. The average Bonchev–Trinajstić information content (AvgIpc) is 1.64. The number of hydrogen-bond acceptors (Lipinski definition) is 2. The van der Waals surface area contributed by atoms with Crippen LogP contribution in [0.5, 0.6) is 0 Å². The molecule has 0 amide bonds. The van der Waals surface area contributed by atoms with Crippen LogP contribution in [0.1, 0.15) is 0 Å². The van der Waals surface area contributed by atoms with Gasteiger partial charge in [0.1, 0.15) is 5.21 Å². The molecule has 0 aliphatic carbocycles. The summed E-state index contributed by atoms with van der Waals surface area (Å²) in [6.45, 7) is 0. The number of halogens is 4. The molecule has 0 aromatic heterocycles. The molecule has 0 aliphatic rings. The van der Waals surface area contributed by atoms with Gasteiger partial charge in [0.2, 0.25) is 9.84 Å². The third-order valence-corrected chi connectivity index (χ3v) is 4.47. The highest BCUT2D eigenvalue weighted by atomic mass is 35.6. The number of rotatable bonds is 1. The Morgan fingerprint density at radius 2 is 1.56 bits per heavy atom. The third-order valence-electron chi connectivity index (χ3n) is 0.496. The second-order valence-corrected chi connectivity index (χ2v) is 6.84. The molecule has 0 N–H and O–H groups in total. The van der Waals surface area contributed by atoms with E-state index in [9.17, 15) is 8.42 Å². The van der Waals surface area contributed by atoms with Crippen molar-refractivity contribution < 1.29 is 8.42 Å². The molecule has 0 atom stereocenters. The quantitative estimate of drug-likeness (QED) is 0.647. The molecule has 7 heteroatoms. The molecule has 9 heavy (non-hydrogen) atoms. The van der Waals surface area contributed by atoms with Gasteiger partial charge in [0.05, 0.1) is 0 Å². The van der Waals surface area contributed by atoms with Crippen molar-refractivity contribution in [2.45, 2.75) is 3.12 Å². The van der Waals surface area contributed by atoms with Crippen LogP contribution in [0.4, 0.5) is 0 Å². The molecule has 0 aromatic rings. The van der Waals surface area contributed by atoms with Gasteiger partial charge in [-0.15, -0.1) is 11.6 Å². The first-order valence-corrected chi connectivity index (χ1v) is 4.98. The van der Waals surface area contributed by atoms with Crippen molar-refractivity contribution in [1.29, 1.82) is 0 Å². The highest BCUT2D eigenvalue weighted by Crippen LogP contribution is 2.33. The van der Waals surface area contributed by atoms with Gasteiger partial charge in [-0.2, -0.15) is 0 Å². The summed E-state index contributed by atoms with van der Waals surface area (Å²) >= 11 is 19.9. The van der Waals surface area contributed by atoms with Gasteiger partial charge in [0.25, 0.3) is 3.12 Å². The fourth-order valence-corrected chi connectivity index (χ4v) is 1.67.